The van der Waals surface area contributed by atoms with Gasteiger partial charge < -0.3 is 16.0 Å². The molecule has 22 heavy (non-hydrogen) atoms. The van der Waals surface area contributed by atoms with E-state index in [4.69, 9.17) is 0 Å². The van der Waals surface area contributed by atoms with Gasteiger partial charge in [0.15, 0.2) is 5.96 Å². The van der Waals surface area contributed by atoms with Crippen molar-refractivity contribution in [1.82, 2.24) is 16.0 Å². The van der Waals surface area contributed by atoms with Crippen LogP contribution in [0.3, 0.4) is 0 Å². The van der Waals surface area contributed by atoms with Crippen molar-refractivity contribution in [2.24, 2.45) is 10.4 Å². The number of nitrogens with one attached hydrogen (secondary N) is 3. The van der Waals surface area contributed by atoms with E-state index in [1.165, 1.54) is 32.1 Å². The summed E-state index contributed by atoms with van der Waals surface area (Å²) in [6, 6.07) is 0. The molecular weight excluding hydrogens is 391 g/mol. The van der Waals surface area contributed by atoms with Gasteiger partial charge in [-0.2, -0.15) is 0 Å². The van der Waals surface area contributed by atoms with Crippen LogP contribution < -0.4 is 16.0 Å². The summed E-state index contributed by atoms with van der Waals surface area (Å²) < 4.78 is 0. The fraction of sp³-hybridized carbons (Fsp3) is 0.875. The summed E-state index contributed by atoms with van der Waals surface area (Å²) in [6.07, 6.45) is 8.00. The quantitative estimate of drug-likeness (QED) is 0.319. The average Bonchev–Trinajstić information content (AvgIpc) is 2.98. The molecular formula is C16H33IN4O. The lowest BCUT2D eigenvalue weighted by atomic mass is 9.83. The number of carbonyl (C=O) groups excluding carboxylic acids is 1. The van der Waals surface area contributed by atoms with Crippen LogP contribution in [0.4, 0.5) is 0 Å². The van der Waals surface area contributed by atoms with Crippen molar-refractivity contribution in [1.29, 1.82) is 0 Å². The molecule has 130 valence electrons. The van der Waals surface area contributed by atoms with E-state index in [2.05, 4.69) is 34.8 Å². The minimum absolute atomic E-state index is 0. The van der Waals surface area contributed by atoms with Gasteiger partial charge in [-0.05, 0) is 31.1 Å². The normalized spacial score (nSPS) is 16.8. The highest BCUT2D eigenvalue weighted by Gasteiger charge is 2.31. The summed E-state index contributed by atoms with van der Waals surface area (Å²) in [4.78, 5) is 15.8. The smallest absolute Gasteiger partial charge is 0.221 e. The van der Waals surface area contributed by atoms with Gasteiger partial charge in [-0.3, -0.25) is 9.79 Å². The topological polar surface area (TPSA) is 65.5 Å². The molecule has 0 unspecified atom stereocenters. The molecule has 1 aliphatic carbocycles. The number of amides is 1. The standard InChI is InChI=1S/C16H32N4O.HI/c1-4-11-18-14(21)8-12-19-15(17-3)20-13-16(5-2)9-6-7-10-16;/h4-13H2,1-3H3,(H,18,21)(H2,17,19,20);1H. The number of carbonyl (C=O) groups is 1. The number of nitrogens with zero attached hydrogens (tertiary/aromatic N) is 1. The largest absolute Gasteiger partial charge is 0.356 e. The molecule has 0 aromatic rings. The molecule has 5 nitrogen and oxygen atoms in total. The predicted octanol–water partition coefficient (Wildman–Crippen LogP) is 2.66. The zero-order valence-corrected chi connectivity index (χ0v) is 16.7. The number of hydrogen-bond acceptors (Lipinski definition) is 2. The number of aliphatic imine (C=N–C) groups is 1. The first-order chi connectivity index (χ1) is 10.2. The molecule has 0 radical (unpaired) electrons. The highest BCUT2D eigenvalue weighted by atomic mass is 127. The van der Waals surface area contributed by atoms with Crippen molar-refractivity contribution in [3.8, 4) is 0 Å². The minimum Gasteiger partial charge on any atom is -0.356 e. The number of halogens is 1. The maximum Gasteiger partial charge on any atom is 0.221 e. The van der Waals surface area contributed by atoms with Crippen LogP contribution in [-0.4, -0.2) is 38.5 Å². The van der Waals surface area contributed by atoms with Crippen molar-refractivity contribution < 1.29 is 4.79 Å². The molecule has 1 aliphatic rings. The molecule has 0 heterocycles. The first kappa shape index (κ1) is 21.5. The summed E-state index contributed by atoms with van der Waals surface area (Å²) >= 11 is 0. The molecule has 0 aromatic carbocycles. The second-order valence-electron chi connectivity index (χ2n) is 6.01. The molecule has 6 heteroatoms. The van der Waals surface area contributed by atoms with Crippen molar-refractivity contribution >= 4 is 35.8 Å². The summed E-state index contributed by atoms with van der Waals surface area (Å²) in [7, 11) is 1.78. The van der Waals surface area contributed by atoms with Crippen LogP contribution in [0, 0.1) is 5.41 Å². The first-order valence-corrected chi connectivity index (χ1v) is 8.37. The van der Waals surface area contributed by atoms with Crippen molar-refractivity contribution in [2.75, 3.05) is 26.7 Å². The summed E-state index contributed by atoms with van der Waals surface area (Å²) in [5, 5.41) is 9.52. The number of guanidine groups is 1. The third-order valence-electron chi connectivity index (χ3n) is 4.49. The maximum absolute atomic E-state index is 11.5. The third kappa shape index (κ3) is 7.65. The molecule has 0 atom stereocenters. The molecule has 1 rings (SSSR count). The van der Waals surface area contributed by atoms with Gasteiger partial charge in [0, 0.05) is 33.1 Å². The average molecular weight is 424 g/mol. The molecule has 0 saturated heterocycles. The SMILES string of the molecule is CCCNC(=O)CCNC(=NC)NCC1(CC)CCCC1.I. The summed E-state index contributed by atoms with van der Waals surface area (Å²) in [6.45, 7) is 6.68. The Bertz CT molecular complexity index is 341. The number of rotatable bonds is 8. The van der Waals surface area contributed by atoms with Gasteiger partial charge in [0.2, 0.25) is 5.91 Å². The molecule has 0 bridgehead atoms. The first-order valence-electron chi connectivity index (χ1n) is 8.37. The summed E-state index contributed by atoms with van der Waals surface area (Å²) in [5.41, 5.74) is 0.441. The Kier molecular flexibility index (Phi) is 11.7. The monoisotopic (exact) mass is 424 g/mol. The fourth-order valence-electron chi connectivity index (χ4n) is 2.92. The Labute approximate surface area is 152 Å². The van der Waals surface area contributed by atoms with Gasteiger partial charge in [0.25, 0.3) is 0 Å². The van der Waals surface area contributed by atoms with Gasteiger partial charge in [-0.15, -0.1) is 24.0 Å². The second-order valence-corrected chi connectivity index (χ2v) is 6.01. The second kappa shape index (κ2) is 12.0. The maximum atomic E-state index is 11.5. The molecule has 0 aliphatic heterocycles. The van der Waals surface area contributed by atoms with E-state index in [-0.39, 0.29) is 29.9 Å². The van der Waals surface area contributed by atoms with Gasteiger partial charge in [-0.1, -0.05) is 26.7 Å². The number of hydrogen-bond donors (Lipinski definition) is 3. The van der Waals surface area contributed by atoms with Crippen LogP contribution in [0.5, 0.6) is 0 Å². The van der Waals surface area contributed by atoms with Gasteiger partial charge in [0.1, 0.15) is 0 Å². The lowest BCUT2D eigenvalue weighted by Crippen LogP contribution is -2.43. The molecule has 1 fully saturated rings. The Hall–Kier alpha value is -0.530. The van der Waals surface area contributed by atoms with Gasteiger partial charge >= 0.3 is 0 Å². The van der Waals surface area contributed by atoms with Crippen LogP contribution >= 0.6 is 24.0 Å². The molecule has 3 N–H and O–H groups in total. The molecule has 0 aromatic heterocycles. The fourth-order valence-corrected chi connectivity index (χ4v) is 2.92. The van der Waals surface area contributed by atoms with Crippen molar-refractivity contribution in [3.63, 3.8) is 0 Å². The Balaban J connectivity index is 0.00000441. The van der Waals surface area contributed by atoms with E-state index in [9.17, 15) is 4.79 Å². The Morgan fingerprint density at radius 1 is 1.09 bits per heavy atom. The van der Waals surface area contributed by atoms with E-state index in [1.807, 2.05) is 0 Å². The van der Waals surface area contributed by atoms with E-state index < -0.39 is 0 Å². The van der Waals surface area contributed by atoms with Crippen molar-refractivity contribution in [3.05, 3.63) is 0 Å². The molecule has 1 amide bonds. The molecule has 0 spiro atoms. The highest BCUT2D eigenvalue weighted by Crippen LogP contribution is 2.40. The Morgan fingerprint density at radius 3 is 2.32 bits per heavy atom. The lowest BCUT2D eigenvalue weighted by molar-refractivity contribution is -0.120. The van der Waals surface area contributed by atoms with Crippen LogP contribution in [0.2, 0.25) is 0 Å². The van der Waals surface area contributed by atoms with E-state index in [0.717, 1.165) is 25.5 Å². The Morgan fingerprint density at radius 2 is 1.77 bits per heavy atom. The highest BCUT2D eigenvalue weighted by molar-refractivity contribution is 14.0. The van der Waals surface area contributed by atoms with Crippen LogP contribution in [0.15, 0.2) is 4.99 Å². The zero-order chi connectivity index (χ0) is 15.6. The van der Waals surface area contributed by atoms with Crippen molar-refractivity contribution in [2.45, 2.75) is 58.8 Å². The summed E-state index contributed by atoms with van der Waals surface area (Å²) in [5.74, 6) is 0.902. The van der Waals surface area contributed by atoms with Crippen LogP contribution in [0.25, 0.3) is 0 Å². The van der Waals surface area contributed by atoms with E-state index in [0.29, 0.717) is 18.4 Å². The molecule has 1 saturated carbocycles. The lowest BCUT2D eigenvalue weighted by Gasteiger charge is -2.28. The van der Waals surface area contributed by atoms with Crippen LogP contribution in [-0.2, 0) is 4.79 Å². The predicted molar refractivity (Wildman–Crippen MR) is 104 cm³/mol. The third-order valence-corrected chi connectivity index (χ3v) is 4.49. The van der Waals surface area contributed by atoms with Crippen LogP contribution in [0.1, 0.15) is 58.8 Å². The van der Waals surface area contributed by atoms with E-state index >= 15 is 0 Å². The van der Waals surface area contributed by atoms with Gasteiger partial charge in [-0.25, -0.2) is 0 Å². The zero-order valence-electron chi connectivity index (χ0n) is 14.3. The minimum atomic E-state index is 0. The van der Waals surface area contributed by atoms with E-state index in [1.54, 1.807) is 7.05 Å². The van der Waals surface area contributed by atoms with Gasteiger partial charge in [0.05, 0.1) is 0 Å².